The molecule has 5 heteroatoms. The van der Waals surface area contributed by atoms with Crippen LogP contribution in [0, 0.1) is 27.7 Å². The van der Waals surface area contributed by atoms with E-state index in [-0.39, 0.29) is 0 Å². The predicted octanol–water partition coefficient (Wildman–Crippen LogP) is 12.8. The molecule has 5 nitrogen and oxygen atoms in total. The summed E-state index contributed by atoms with van der Waals surface area (Å²) in [6.45, 7) is 8.51. The predicted molar refractivity (Wildman–Crippen MR) is 234 cm³/mol. The number of rotatable bonds is 5. The zero-order valence-electron chi connectivity index (χ0n) is 32.1. The molecule has 5 heterocycles. The maximum Gasteiger partial charge on any atom is 0.0969 e. The summed E-state index contributed by atoms with van der Waals surface area (Å²) in [5, 5.41) is 0. The number of nitrogens with zero attached hydrogens (tertiary/aromatic N) is 3. The Bertz CT molecular complexity index is 2640. The van der Waals surface area contributed by atoms with E-state index in [0.717, 1.165) is 94.9 Å². The Kier molecular flexibility index (Phi) is 8.43. The van der Waals surface area contributed by atoms with Crippen molar-refractivity contribution in [2.45, 2.75) is 27.7 Å². The van der Waals surface area contributed by atoms with E-state index in [2.05, 4.69) is 196 Å². The van der Waals surface area contributed by atoms with Crippen LogP contribution in [0.2, 0.25) is 0 Å². The van der Waals surface area contributed by atoms with Crippen LogP contribution in [0.3, 0.4) is 0 Å². The normalized spacial score (nSPS) is 12.0. The average Bonchev–Trinajstić information content (AvgIpc) is 4.01. The maximum atomic E-state index is 5.44. The van der Waals surface area contributed by atoms with Crippen molar-refractivity contribution in [1.29, 1.82) is 0 Å². The minimum absolute atomic E-state index is 0.905. The minimum atomic E-state index is 0.905. The van der Waals surface area contributed by atoms with Crippen LogP contribution in [0.1, 0.15) is 39.2 Å². The fraction of sp³-hybridized carbons (Fsp3) is 0.120. The van der Waals surface area contributed by atoms with E-state index in [4.69, 9.17) is 9.98 Å². The van der Waals surface area contributed by atoms with Crippen molar-refractivity contribution < 1.29 is 0 Å². The van der Waals surface area contributed by atoms with E-state index >= 15 is 0 Å². The first-order chi connectivity index (χ1) is 26.7. The van der Waals surface area contributed by atoms with Gasteiger partial charge in [0.1, 0.15) is 0 Å². The van der Waals surface area contributed by atoms with E-state index < -0.39 is 0 Å². The highest BCUT2D eigenvalue weighted by molar-refractivity contribution is 6.12. The molecule has 55 heavy (non-hydrogen) atoms. The van der Waals surface area contributed by atoms with Crippen molar-refractivity contribution in [3.63, 3.8) is 0 Å². The van der Waals surface area contributed by atoms with Crippen LogP contribution >= 0.6 is 0 Å². The van der Waals surface area contributed by atoms with E-state index in [1.807, 2.05) is 0 Å². The molecule has 3 aromatic heterocycles. The molecule has 0 atom stereocenters. The van der Waals surface area contributed by atoms with Crippen molar-refractivity contribution in [2.24, 2.45) is 4.99 Å². The Morgan fingerprint density at radius 3 is 1.16 bits per heavy atom. The lowest BCUT2D eigenvalue weighted by molar-refractivity contribution is 1.14. The maximum absolute atomic E-state index is 5.44. The van der Waals surface area contributed by atoms with Gasteiger partial charge in [0.15, 0.2) is 0 Å². The molecule has 8 bridgehead atoms. The third-order valence-electron chi connectivity index (χ3n) is 10.7. The summed E-state index contributed by atoms with van der Waals surface area (Å²) in [4.78, 5) is 20.8. The second-order valence-electron chi connectivity index (χ2n) is 15.0. The molecule has 7 aromatic rings. The molecule has 2 aliphatic heterocycles. The quantitative estimate of drug-likeness (QED) is 0.187. The van der Waals surface area contributed by atoms with Crippen molar-refractivity contribution >= 4 is 51.8 Å². The van der Waals surface area contributed by atoms with Crippen LogP contribution in [0.5, 0.6) is 0 Å². The molecule has 268 valence electrons. The first-order valence-electron chi connectivity index (χ1n) is 18.9. The van der Waals surface area contributed by atoms with Crippen molar-refractivity contribution in [2.75, 3.05) is 19.0 Å². The fourth-order valence-electron chi connectivity index (χ4n) is 7.85. The van der Waals surface area contributed by atoms with Gasteiger partial charge in [0.2, 0.25) is 0 Å². The van der Waals surface area contributed by atoms with Gasteiger partial charge in [-0.1, -0.05) is 119 Å². The largest absolute Gasteiger partial charge is 0.375 e. The number of aromatic nitrogens is 3. The van der Waals surface area contributed by atoms with Gasteiger partial charge >= 0.3 is 0 Å². The fourth-order valence-corrected chi connectivity index (χ4v) is 7.85. The number of fused-ring (bicyclic) bond motifs is 8. The number of aliphatic imine (C=N–C) groups is 1. The van der Waals surface area contributed by atoms with E-state index in [0.29, 0.717) is 0 Å². The highest BCUT2D eigenvalue weighted by Crippen LogP contribution is 2.47. The van der Waals surface area contributed by atoms with E-state index in [1.165, 1.54) is 22.3 Å². The molecule has 0 radical (unpaired) electrons. The summed E-state index contributed by atoms with van der Waals surface area (Å²) in [6.07, 6.45) is 6.37. The lowest BCUT2D eigenvalue weighted by Crippen LogP contribution is -2.10. The van der Waals surface area contributed by atoms with Crippen LogP contribution in [0.25, 0.3) is 78.7 Å². The number of nitrogens with one attached hydrogen (secondary N) is 2. The molecule has 0 aliphatic carbocycles. The van der Waals surface area contributed by atoms with Crippen LogP contribution in [-0.2, 0) is 0 Å². The number of benzene rings is 4. The third-order valence-corrected chi connectivity index (χ3v) is 10.7. The van der Waals surface area contributed by atoms with Gasteiger partial charge in [-0.3, -0.25) is 4.99 Å². The van der Waals surface area contributed by atoms with Gasteiger partial charge in [0, 0.05) is 70.2 Å². The number of hydrogen-bond donors (Lipinski definition) is 2. The molecule has 0 fully saturated rings. The molecular weight excluding hydrogens is 671 g/mol. The van der Waals surface area contributed by atoms with E-state index in [9.17, 15) is 0 Å². The first kappa shape index (κ1) is 34.1. The second kappa shape index (κ2) is 13.6. The summed E-state index contributed by atoms with van der Waals surface area (Å²) >= 11 is 0. The molecule has 0 saturated carbocycles. The summed E-state index contributed by atoms with van der Waals surface area (Å²) < 4.78 is 0. The third kappa shape index (κ3) is 6.18. The summed E-state index contributed by atoms with van der Waals surface area (Å²) in [7, 11) is 4.24. The Labute approximate surface area is 322 Å². The Morgan fingerprint density at radius 1 is 0.418 bits per heavy atom. The highest BCUT2D eigenvalue weighted by Gasteiger charge is 2.24. The molecule has 4 aromatic carbocycles. The summed E-state index contributed by atoms with van der Waals surface area (Å²) in [5.41, 5.74) is 22.3. The highest BCUT2D eigenvalue weighted by atomic mass is 15.1. The molecule has 2 aliphatic rings. The summed E-state index contributed by atoms with van der Waals surface area (Å²) in [5.74, 6) is 0. The van der Waals surface area contributed by atoms with Gasteiger partial charge in [0.05, 0.1) is 22.8 Å². The number of hydrogen-bond acceptors (Lipinski definition) is 3. The smallest absolute Gasteiger partial charge is 0.0969 e. The van der Waals surface area contributed by atoms with Gasteiger partial charge in [-0.05, 0) is 86.4 Å². The molecular formula is C50H43N5. The number of H-pyrrole nitrogens is 2. The van der Waals surface area contributed by atoms with Crippen LogP contribution < -0.4 is 4.90 Å². The first-order valence-corrected chi connectivity index (χ1v) is 18.9. The SMILES string of the molecule is Cc1ccc(-c2c3nc(c(-c4ccc(C)cc4)c4ccc([nH]4)c(-c4ccc(C)cc4)c4c(N(C)C)c(c(-c5ccc(C)cc5)c5ccc2[nH]5)C=N4)C=C3)cc1. The number of anilines is 1. The Morgan fingerprint density at radius 2 is 0.764 bits per heavy atom. The second-order valence-corrected chi connectivity index (χ2v) is 15.0. The Balaban J connectivity index is 1.52. The van der Waals surface area contributed by atoms with Gasteiger partial charge < -0.3 is 14.9 Å². The minimum Gasteiger partial charge on any atom is -0.375 e. The van der Waals surface area contributed by atoms with Gasteiger partial charge in [-0.25, -0.2) is 4.98 Å². The molecule has 0 unspecified atom stereocenters. The van der Waals surface area contributed by atoms with Gasteiger partial charge in [0.25, 0.3) is 0 Å². The molecule has 9 rings (SSSR count). The zero-order chi connectivity index (χ0) is 37.8. The molecule has 2 N–H and O–H groups in total. The molecule has 0 amide bonds. The van der Waals surface area contributed by atoms with Crippen molar-refractivity contribution in [3.05, 3.63) is 161 Å². The summed E-state index contributed by atoms with van der Waals surface area (Å²) in [6, 6.07) is 43.8. The zero-order valence-corrected chi connectivity index (χ0v) is 32.1. The lowest BCUT2D eigenvalue weighted by Gasteiger charge is -2.17. The topological polar surface area (TPSA) is 60.1 Å². The van der Waals surface area contributed by atoms with Crippen molar-refractivity contribution in [3.8, 4) is 44.5 Å². The van der Waals surface area contributed by atoms with Crippen LogP contribution in [0.15, 0.2) is 126 Å². The lowest BCUT2D eigenvalue weighted by atomic mass is 9.97. The van der Waals surface area contributed by atoms with Gasteiger partial charge in [-0.15, -0.1) is 0 Å². The molecule has 0 saturated heterocycles. The molecule has 0 spiro atoms. The van der Waals surface area contributed by atoms with Crippen LogP contribution in [-0.4, -0.2) is 35.3 Å². The monoisotopic (exact) mass is 713 g/mol. The average molecular weight is 714 g/mol. The van der Waals surface area contributed by atoms with Gasteiger partial charge in [-0.2, -0.15) is 0 Å². The Hall–Kier alpha value is -6.72. The number of aromatic amines is 2. The van der Waals surface area contributed by atoms with Crippen LogP contribution in [0.4, 0.5) is 11.4 Å². The van der Waals surface area contributed by atoms with E-state index in [1.54, 1.807) is 0 Å². The standard InChI is InChI=1S/C50H43N5/c1-30-7-15-34(16-8-30)45-38-29-51-49(50(38)55(5)6)48(37-21-13-33(4)14-22-37)44-28-27-43(54-44)47(36-19-11-32(3)12-20-36)42-26-25-41(53-42)46(40-24-23-39(45)52-40)35-17-9-31(2)10-18-35/h7-29,52,54H,1-6H3. The van der Waals surface area contributed by atoms with Crippen molar-refractivity contribution in [1.82, 2.24) is 15.0 Å². The number of aryl methyl sites for hydroxylation is 4.